The van der Waals surface area contributed by atoms with Crippen molar-refractivity contribution in [1.29, 1.82) is 0 Å². The van der Waals surface area contributed by atoms with Gasteiger partial charge in [0.25, 0.3) is 0 Å². The van der Waals surface area contributed by atoms with Gasteiger partial charge in [0.2, 0.25) is 5.75 Å². The van der Waals surface area contributed by atoms with Crippen LogP contribution in [0.25, 0.3) is 0 Å². The third-order valence-corrected chi connectivity index (χ3v) is 3.39. The molecule has 0 aliphatic carbocycles. The molecule has 12 heteroatoms. The molecule has 0 amide bonds. The molecule has 0 saturated carbocycles. The first kappa shape index (κ1) is 18.7. The normalized spacial score (nSPS) is 11.9. The topological polar surface area (TPSA) is 113 Å². The highest BCUT2D eigenvalue weighted by atomic mass is 32.2. The lowest BCUT2D eigenvalue weighted by atomic mass is 10.1. The summed E-state index contributed by atoms with van der Waals surface area (Å²) >= 11 is 0. The van der Waals surface area contributed by atoms with Gasteiger partial charge in [0.05, 0.1) is 17.1 Å². The summed E-state index contributed by atoms with van der Waals surface area (Å²) in [5.74, 6) is -2.08. The Morgan fingerprint density at radius 2 is 1.91 bits per heavy atom. The number of carbonyl (C=O) groups is 1. The summed E-state index contributed by atoms with van der Waals surface area (Å²) in [5, 5.41) is 10.9. The fourth-order valence-electron chi connectivity index (χ4n) is 1.49. The molecule has 23 heavy (non-hydrogen) atoms. The molecule has 0 atom stereocenters. The predicted molar refractivity (Wildman–Crippen MR) is 69.4 cm³/mol. The van der Waals surface area contributed by atoms with Crippen LogP contribution in [-0.4, -0.2) is 31.4 Å². The number of rotatable bonds is 5. The Labute approximate surface area is 128 Å². The van der Waals surface area contributed by atoms with Crippen LogP contribution >= 0.6 is 0 Å². The van der Waals surface area contributed by atoms with Crippen molar-refractivity contribution in [2.24, 2.45) is 0 Å². The number of nitrogens with zero attached hydrogens (tertiary/aromatic N) is 1. The Bertz CT molecular complexity index is 743. The van der Waals surface area contributed by atoms with E-state index in [4.69, 9.17) is 0 Å². The van der Waals surface area contributed by atoms with E-state index in [-0.39, 0.29) is 17.7 Å². The number of ether oxygens (including phenoxy) is 1. The summed E-state index contributed by atoms with van der Waals surface area (Å²) in [6, 6.07) is 1.50. The van der Waals surface area contributed by atoms with Crippen LogP contribution in [0, 0.1) is 17.0 Å². The van der Waals surface area contributed by atoms with Gasteiger partial charge in [-0.15, -0.1) is 0 Å². The summed E-state index contributed by atoms with van der Waals surface area (Å²) in [6.45, 7) is 2.50. The average molecular weight is 357 g/mol. The van der Waals surface area contributed by atoms with E-state index in [1.165, 1.54) is 6.92 Å². The van der Waals surface area contributed by atoms with Crippen molar-refractivity contribution in [2.45, 2.75) is 19.4 Å². The van der Waals surface area contributed by atoms with Gasteiger partial charge in [-0.05, 0) is 19.9 Å². The number of aryl methyl sites for hydroxylation is 1. The molecule has 0 saturated heterocycles. The monoisotopic (exact) mass is 357 g/mol. The third-order valence-electron chi connectivity index (χ3n) is 2.44. The number of nitro groups is 1. The van der Waals surface area contributed by atoms with Crippen molar-refractivity contribution < 1.29 is 40.2 Å². The molecule has 1 rings (SSSR count). The maximum Gasteiger partial charge on any atom is 0.534 e. The Morgan fingerprint density at radius 1 is 1.35 bits per heavy atom. The summed E-state index contributed by atoms with van der Waals surface area (Å²) < 4.78 is 67.5. The zero-order valence-corrected chi connectivity index (χ0v) is 12.5. The maximum absolute atomic E-state index is 12.3. The molecule has 0 spiro atoms. The fraction of sp³-hybridized carbons (Fsp3) is 0.364. The van der Waals surface area contributed by atoms with Crippen LogP contribution in [0.5, 0.6) is 5.75 Å². The van der Waals surface area contributed by atoms with Gasteiger partial charge in [-0.3, -0.25) is 10.1 Å². The summed E-state index contributed by atoms with van der Waals surface area (Å²) in [6.07, 6.45) is 0. The molecule has 0 aliphatic rings. The molecule has 0 aromatic heterocycles. The van der Waals surface area contributed by atoms with Gasteiger partial charge >= 0.3 is 27.3 Å². The van der Waals surface area contributed by atoms with Gasteiger partial charge in [-0.2, -0.15) is 21.6 Å². The highest BCUT2D eigenvalue weighted by Gasteiger charge is 2.49. The Morgan fingerprint density at radius 3 is 2.35 bits per heavy atom. The van der Waals surface area contributed by atoms with E-state index < -0.39 is 38.0 Å². The van der Waals surface area contributed by atoms with E-state index in [0.29, 0.717) is 6.07 Å². The third kappa shape index (κ3) is 4.09. The van der Waals surface area contributed by atoms with Crippen molar-refractivity contribution in [3.8, 4) is 5.75 Å². The number of nitro benzene ring substituents is 1. The lowest BCUT2D eigenvalue weighted by Gasteiger charge is -2.12. The van der Waals surface area contributed by atoms with E-state index in [2.05, 4.69) is 8.92 Å². The smallest absolute Gasteiger partial charge is 0.462 e. The lowest BCUT2D eigenvalue weighted by Crippen LogP contribution is -2.28. The van der Waals surface area contributed by atoms with Crippen LogP contribution in [0.2, 0.25) is 0 Å². The van der Waals surface area contributed by atoms with E-state index >= 15 is 0 Å². The van der Waals surface area contributed by atoms with Crippen molar-refractivity contribution in [3.63, 3.8) is 0 Å². The number of hydrogen-bond acceptors (Lipinski definition) is 7. The first-order chi connectivity index (χ1) is 10.4. The first-order valence-electron chi connectivity index (χ1n) is 5.87. The van der Waals surface area contributed by atoms with Crippen LogP contribution < -0.4 is 4.18 Å². The quantitative estimate of drug-likeness (QED) is 0.261. The molecule has 0 N–H and O–H groups in total. The van der Waals surface area contributed by atoms with E-state index in [1.807, 2.05) is 0 Å². The second-order valence-corrected chi connectivity index (χ2v) is 5.64. The van der Waals surface area contributed by atoms with E-state index in [9.17, 15) is 36.5 Å². The van der Waals surface area contributed by atoms with Crippen molar-refractivity contribution in [2.75, 3.05) is 6.61 Å². The van der Waals surface area contributed by atoms with Crippen LogP contribution in [0.1, 0.15) is 22.8 Å². The van der Waals surface area contributed by atoms with Gasteiger partial charge in [0, 0.05) is 11.6 Å². The van der Waals surface area contributed by atoms with E-state index in [1.54, 1.807) is 0 Å². The van der Waals surface area contributed by atoms with Gasteiger partial charge in [0.15, 0.2) is 0 Å². The number of carbonyl (C=O) groups excluding carboxylic acids is 1. The minimum absolute atomic E-state index is 0.0353. The van der Waals surface area contributed by atoms with Gasteiger partial charge in [-0.25, -0.2) is 4.79 Å². The van der Waals surface area contributed by atoms with Crippen LogP contribution in [0.4, 0.5) is 18.9 Å². The standard InChI is InChI=1S/C11H10F3NO7S/c1-3-21-10(16)7-4-6(2)9(8(5-7)15(17)18)22-23(19,20)11(12,13)14/h4-5H,3H2,1-2H3. The number of benzene rings is 1. The summed E-state index contributed by atoms with van der Waals surface area (Å²) in [4.78, 5) is 21.3. The molecule has 8 nitrogen and oxygen atoms in total. The SMILES string of the molecule is CCOC(=O)c1cc(C)c(OS(=O)(=O)C(F)(F)F)c([N+](=O)[O-])c1. The highest BCUT2D eigenvalue weighted by molar-refractivity contribution is 7.88. The first-order valence-corrected chi connectivity index (χ1v) is 7.28. The minimum Gasteiger partial charge on any atom is -0.462 e. The zero-order valence-electron chi connectivity index (χ0n) is 11.7. The lowest BCUT2D eigenvalue weighted by molar-refractivity contribution is -0.385. The van der Waals surface area contributed by atoms with Crippen molar-refractivity contribution >= 4 is 21.8 Å². The van der Waals surface area contributed by atoms with Gasteiger partial charge < -0.3 is 8.92 Å². The van der Waals surface area contributed by atoms with E-state index in [0.717, 1.165) is 13.0 Å². The molecule has 0 heterocycles. The number of esters is 1. The second kappa shape index (κ2) is 6.40. The highest BCUT2D eigenvalue weighted by Crippen LogP contribution is 2.36. The molecule has 0 bridgehead atoms. The maximum atomic E-state index is 12.3. The van der Waals surface area contributed by atoms with Crippen molar-refractivity contribution in [3.05, 3.63) is 33.4 Å². The number of alkyl halides is 3. The van der Waals surface area contributed by atoms with Gasteiger partial charge in [0.1, 0.15) is 0 Å². The van der Waals surface area contributed by atoms with Gasteiger partial charge in [-0.1, -0.05) is 0 Å². The van der Waals surface area contributed by atoms with Crippen molar-refractivity contribution in [1.82, 2.24) is 0 Å². The van der Waals surface area contributed by atoms with Crippen LogP contribution in [0.3, 0.4) is 0 Å². The molecule has 1 aromatic carbocycles. The largest absolute Gasteiger partial charge is 0.534 e. The minimum atomic E-state index is -6.09. The molecule has 1 aromatic rings. The molecular weight excluding hydrogens is 347 g/mol. The Kier molecular flexibility index (Phi) is 5.20. The molecule has 0 radical (unpaired) electrons. The number of hydrogen-bond donors (Lipinski definition) is 0. The Hall–Kier alpha value is -2.37. The molecule has 0 fully saturated rings. The predicted octanol–water partition coefficient (Wildman–Crippen LogP) is 2.31. The zero-order chi connectivity index (χ0) is 18.0. The molecule has 0 unspecified atom stereocenters. The van der Waals surface area contributed by atoms with Crippen LogP contribution in [0.15, 0.2) is 12.1 Å². The second-order valence-electron chi connectivity index (χ2n) is 4.10. The molecule has 0 aliphatic heterocycles. The van der Waals surface area contributed by atoms with Crippen LogP contribution in [-0.2, 0) is 14.9 Å². The molecular formula is C11H10F3NO7S. The summed E-state index contributed by atoms with van der Waals surface area (Å²) in [7, 11) is -6.09. The number of halogens is 3. The summed E-state index contributed by atoms with van der Waals surface area (Å²) in [5.41, 5.74) is -7.55. The molecule has 128 valence electrons. The Balaban J connectivity index is 3.45. The average Bonchev–Trinajstić information content (AvgIpc) is 2.39. The fourth-order valence-corrected chi connectivity index (χ4v) is 2.02.